The fourth-order valence-corrected chi connectivity index (χ4v) is 3.51. The molecule has 1 unspecified atom stereocenters. The van der Waals surface area contributed by atoms with Crippen LogP contribution in [0.3, 0.4) is 0 Å². The molecule has 2 aromatic rings. The second kappa shape index (κ2) is 9.55. The van der Waals surface area contributed by atoms with Crippen molar-refractivity contribution in [1.82, 2.24) is 15.2 Å². The Morgan fingerprint density at radius 3 is 2.77 bits per heavy atom. The third kappa shape index (κ3) is 4.96. The smallest absolute Gasteiger partial charge is 0.161 e. The number of ether oxygens (including phenoxy) is 2. The molecule has 0 saturated carbocycles. The highest BCUT2D eigenvalue weighted by Crippen LogP contribution is 2.29. The van der Waals surface area contributed by atoms with Crippen LogP contribution in [0, 0.1) is 0 Å². The second-order valence-electron chi connectivity index (χ2n) is 6.68. The summed E-state index contributed by atoms with van der Waals surface area (Å²) >= 11 is 0. The fraction of sp³-hybridized carbons (Fsp3) is 0.476. The Morgan fingerprint density at radius 1 is 1.15 bits per heavy atom. The van der Waals surface area contributed by atoms with Crippen LogP contribution in [0.2, 0.25) is 0 Å². The minimum Gasteiger partial charge on any atom is -0.493 e. The molecular weight excluding hydrogens is 326 g/mol. The molecule has 140 valence electrons. The van der Waals surface area contributed by atoms with E-state index >= 15 is 0 Å². The molecule has 1 saturated heterocycles. The molecule has 5 nitrogen and oxygen atoms in total. The maximum absolute atomic E-state index is 5.90. The van der Waals surface area contributed by atoms with Crippen LogP contribution in [0.4, 0.5) is 0 Å². The van der Waals surface area contributed by atoms with Gasteiger partial charge >= 0.3 is 0 Å². The van der Waals surface area contributed by atoms with Gasteiger partial charge in [-0.15, -0.1) is 0 Å². The third-order valence-electron chi connectivity index (χ3n) is 4.99. The predicted octanol–water partition coefficient (Wildman–Crippen LogP) is 3.24. The van der Waals surface area contributed by atoms with Crippen molar-refractivity contribution in [2.75, 3.05) is 26.7 Å². The number of nitrogens with zero attached hydrogens (tertiary/aromatic N) is 2. The van der Waals surface area contributed by atoms with Crippen molar-refractivity contribution < 1.29 is 9.47 Å². The van der Waals surface area contributed by atoms with Gasteiger partial charge in [-0.05, 0) is 61.3 Å². The van der Waals surface area contributed by atoms with Crippen LogP contribution in [-0.2, 0) is 13.2 Å². The van der Waals surface area contributed by atoms with Crippen molar-refractivity contribution in [3.05, 3.63) is 53.9 Å². The molecule has 26 heavy (non-hydrogen) atoms. The van der Waals surface area contributed by atoms with Gasteiger partial charge in [0.25, 0.3) is 0 Å². The standard InChI is InChI=1S/C21H29N3O2/c1-3-24-12-4-5-19(24)15-23-14-18-6-7-20(21(13-18)25-2)26-16-17-8-10-22-11-9-17/h6-11,13,19,23H,3-5,12,14-16H2,1-2H3. The second-order valence-corrected chi connectivity index (χ2v) is 6.68. The largest absolute Gasteiger partial charge is 0.493 e. The molecule has 1 aliphatic rings. The zero-order valence-corrected chi connectivity index (χ0v) is 15.8. The molecule has 0 bridgehead atoms. The van der Waals surface area contributed by atoms with Gasteiger partial charge in [0.1, 0.15) is 6.61 Å². The lowest BCUT2D eigenvalue weighted by Gasteiger charge is -2.23. The number of nitrogens with one attached hydrogen (secondary N) is 1. The van der Waals surface area contributed by atoms with E-state index in [4.69, 9.17) is 9.47 Å². The molecular formula is C21H29N3O2. The van der Waals surface area contributed by atoms with Crippen molar-refractivity contribution in [3.8, 4) is 11.5 Å². The Hall–Kier alpha value is -2.11. The Kier molecular flexibility index (Phi) is 6.86. The summed E-state index contributed by atoms with van der Waals surface area (Å²) in [5.74, 6) is 1.54. The average Bonchev–Trinajstić information content (AvgIpc) is 3.15. The Bertz CT molecular complexity index is 678. The maximum Gasteiger partial charge on any atom is 0.161 e. The summed E-state index contributed by atoms with van der Waals surface area (Å²) in [5.41, 5.74) is 2.30. The van der Waals surface area contributed by atoms with Gasteiger partial charge in [0.05, 0.1) is 7.11 Å². The summed E-state index contributed by atoms with van der Waals surface area (Å²) in [4.78, 5) is 6.58. The first-order valence-electron chi connectivity index (χ1n) is 9.43. The van der Waals surface area contributed by atoms with Gasteiger partial charge < -0.3 is 14.8 Å². The number of likely N-dealkylation sites (tertiary alicyclic amines) is 1. The molecule has 2 heterocycles. The Morgan fingerprint density at radius 2 is 2.00 bits per heavy atom. The van der Waals surface area contributed by atoms with Crippen molar-refractivity contribution in [2.45, 2.75) is 39.0 Å². The van der Waals surface area contributed by atoms with Crippen LogP contribution < -0.4 is 14.8 Å². The number of hydrogen-bond acceptors (Lipinski definition) is 5. The van der Waals surface area contributed by atoms with Gasteiger partial charge in [-0.2, -0.15) is 0 Å². The number of hydrogen-bond donors (Lipinski definition) is 1. The first-order chi connectivity index (χ1) is 12.8. The van der Waals surface area contributed by atoms with Crippen molar-refractivity contribution in [3.63, 3.8) is 0 Å². The quantitative estimate of drug-likeness (QED) is 0.748. The molecule has 0 aliphatic carbocycles. The zero-order valence-electron chi connectivity index (χ0n) is 15.8. The molecule has 1 N–H and O–H groups in total. The van der Waals surface area contributed by atoms with Crippen LogP contribution in [-0.4, -0.2) is 42.7 Å². The molecule has 1 atom stereocenters. The van der Waals surface area contributed by atoms with E-state index in [9.17, 15) is 0 Å². The van der Waals surface area contributed by atoms with Gasteiger partial charge in [-0.3, -0.25) is 9.88 Å². The molecule has 0 spiro atoms. The summed E-state index contributed by atoms with van der Waals surface area (Å²) < 4.78 is 11.4. The van der Waals surface area contributed by atoms with E-state index in [0.717, 1.165) is 36.7 Å². The minimum atomic E-state index is 0.505. The first-order valence-corrected chi connectivity index (χ1v) is 9.43. The van der Waals surface area contributed by atoms with Crippen molar-refractivity contribution in [2.24, 2.45) is 0 Å². The van der Waals surface area contributed by atoms with Gasteiger partial charge in [-0.1, -0.05) is 13.0 Å². The van der Waals surface area contributed by atoms with Crippen LogP contribution in [0.15, 0.2) is 42.7 Å². The van der Waals surface area contributed by atoms with Crippen LogP contribution in [0.5, 0.6) is 11.5 Å². The summed E-state index contributed by atoms with van der Waals surface area (Å²) in [7, 11) is 1.68. The van der Waals surface area contributed by atoms with E-state index in [1.807, 2.05) is 18.2 Å². The van der Waals surface area contributed by atoms with Crippen molar-refractivity contribution in [1.29, 1.82) is 0 Å². The molecule has 0 amide bonds. The maximum atomic E-state index is 5.90. The summed E-state index contributed by atoms with van der Waals surface area (Å²) in [6.45, 7) is 7.01. The zero-order chi connectivity index (χ0) is 18.2. The van der Waals surface area contributed by atoms with E-state index in [2.05, 4.69) is 34.3 Å². The molecule has 3 rings (SSSR count). The Labute approximate surface area is 156 Å². The first kappa shape index (κ1) is 18.7. The normalized spacial score (nSPS) is 17.4. The SMILES string of the molecule is CCN1CCCC1CNCc1ccc(OCc2ccncc2)c(OC)c1. The highest BCUT2D eigenvalue weighted by molar-refractivity contribution is 5.43. The monoisotopic (exact) mass is 355 g/mol. The summed E-state index contributed by atoms with van der Waals surface area (Å²) in [5, 5.41) is 3.59. The predicted molar refractivity (Wildman–Crippen MR) is 104 cm³/mol. The lowest BCUT2D eigenvalue weighted by Crippen LogP contribution is -2.37. The lowest BCUT2D eigenvalue weighted by atomic mass is 10.1. The van der Waals surface area contributed by atoms with E-state index in [1.54, 1.807) is 19.5 Å². The molecule has 0 radical (unpaired) electrons. The van der Waals surface area contributed by atoms with Crippen LogP contribution in [0.1, 0.15) is 30.9 Å². The highest BCUT2D eigenvalue weighted by atomic mass is 16.5. The topological polar surface area (TPSA) is 46.6 Å². The van der Waals surface area contributed by atoms with E-state index in [-0.39, 0.29) is 0 Å². The number of methoxy groups -OCH3 is 1. The van der Waals surface area contributed by atoms with Gasteiger partial charge in [-0.25, -0.2) is 0 Å². The van der Waals surface area contributed by atoms with E-state index in [1.165, 1.54) is 24.9 Å². The number of rotatable bonds is 9. The minimum absolute atomic E-state index is 0.505. The molecule has 1 aromatic carbocycles. The fourth-order valence-electron chi connectivity index (χ4n) is 3.51. The Balaban J connectivity index is 1.52. The number of aromatic nitrogens is 1. The molecule has 1 fully saturated rings. The average molecular weight is 355 g/mol. The van der Waals surface area contributed by atoms with Gasteiger partial charge in [0, 0.05) is 31.5 Å². The molecule has 1 aliphatic heterocycles. The lowest BCUT2D eigenvalue weighted by molar-refractivity contribution is 0.260. The summed E-state index contributed by atoms with van der Waals surface area (Å²) in [6.07, 6.45) is 6.16. The van der Waals surface area contributed by atoms with Crippen molar-refractivity contribution >= 4 is 0 Å². The van der Waals surface area contributed by atoms with E-state index < -0.39 is 0 Å². The van der Waals surface area contributed by atoms with Crippen LogP contribution >= 0.6 is 0 Å². The highest BCUT2D eigenvalue weighted by Gasteiger charge is 2.22. The third-order valence-corrected chi connectivity index (χ3v) is 4.99. The number of benzene rings is 1. The number of pyridine rings is 1. The molecule has 5 heteroatoms. The number of likely N-dealkylation sites (N-methyl/N-ethyl adjacent to an activating group) is 1. The van der Waals surface area contributed by atoms with E-state index in [0.29, 0.717) is 12.6 Å². The van der Waals surface area contributed by atoms with Gasteiger partial charge in [0.15, 0.2) is 11.5 Å². The van der Waals surface area contributed by atoms with Gasteiger partial charge in [0.2, 0.25) is 0 Å². The summed E-state index contributed by atoms with van der Waals surface area (Å²) in [6, 6.07) is 10.7. The molecule has 1 aromatic heterocycles. The van der Waals surface area contributed by atoms with Crippen LogP contribution in [0.25, 0.3) is 0 Å².